The highest BCUT2D eigenvalue weighted by Gasteiger charge is 2.25. The van der Waals surface area contributed by atoms with Gasteiger partial charge in [-0.3, -0.25) is 9.59 Å². The summed E-state index contributed by atoms with van der Waals surface area (Å²) in [5.41, 5.74) is 1.48. The minimum Gasteiger partial charge on any atom is -0.337 e. The molecule has 0 spiro atoms. The van der Waals surface area contributed by atoms with Crippen LogP contribution in [-0.2, 0) is 26.9 Å². The number of nitrogens with zero attached hydrogens (tertiary/aromatic N) is 1. The molecule has 1 aromatic heterocycles. The second-order valence-electron chi connectivity index (χ2n) is 7.78. The molecule has 0 aliphatic heterocycles. The average molecular weight is 499 g/mol. The van der Waals surface area contributed by atoms with Crippen molar-refractivity contribution in [3.8, 4) is 0 Å². The molecule has 34 heavy (non-hydrogen) atoms. The van der Waals surface area contributed by atoms with Crippen LogP contribution in [0.4, 0.5) is 10.1 Å². The topological polar surface area (TPSA) is 85.2 Å². The van der Waals surface area contributed by atoms with Gasteiger partial charge in [-0.15, -0.1) is 0 Å². The van der Waals surface area contributed by atoms with Gasteiger partial charge in [0.05, 0.1) is 10.6 Å². The molecule has 3 aromatic carbocycles. The zero-order valence-electron chi connectivity index (χ0n) is 18.1. The lowest BCUT2D eigenvalue weighted by atomic mass is 10.1. The molecule has 174 valence electrons. The van der Waals surface area contributed by atoms with Crippen molar-refractivity contribution in [2.45, 2.75) is 24.1 Å². The molecule has 0 atom stereocenters. The van der Waals surface area contributed by atoms with Crippen LogP contribution in [0.25, 0.3) is 10.9 Å². The predicted molar refractivity (Wildman–Crippen MR) is 129 cm³/mol. The fourth-order valence-electron chi connectivity index (χ4n) is 3.67. The van der Waals surface area contributed by atoms with Crippen molar-refractivity contribution in [2.75, 3.05) is 5.32 Å². The molecular formula is C25H20ClFN2O4S. The number of hydrogen-bond acceptors (Lipinski definition) is 4. The quantitative estimate of drug-likeness (QED) is 0.353. The van der Waals surface area contributed by atoms with Crippen LogP contribution in [0.2, 0.25) is 5.02 Å². The molecule has 1 heterocycles. The minimum atomic E-state index is -3.98. The first-order chi connectivity index (χ1) is 16.2. The Morgan fingerprint density at radius 1 is 1.00 bits per heavy atom. The standard InChI is InChI=1S/C25H20ClFN2O4S/c1-16(30)17-9-11-18(12-10-17)28-25(31)14-29-13-24(19-5-2-3-8-23(19)29)34(32,33)15-20-21(26)6-4-7-22(20)27/h2-13H,14-15H2,1H3,(H,28,31). The first-order valence-corrected chi connectivity index (χ1v) is 12.3. The van der Waals surface area contributed by atoms with Crippen molar-refractivity contribution in [3.05, 3.63) is 94.9 Å². The molecule has 0 saturated heterocycles. The summed E-state index contributed by atoms with van der Waals surface area (Å²) in [5.74, 6) is -1.77. The predicted octanol–water partition coefficient (Wildman–Crippen LogP) is 5.25. The molecular weight excluding hydrogens is 479 g/mol. The number of nitrogens with one attached hydrogen (secondary N) is 1. The maximum absolute atomic E-state index is 14.2. The van der Waals surface area contributed by atoms with Crippen LogP contribution in [-0.4, -0.2) is 24.7 Å². The zero-order chi connectivity index (χ0) is 24.5. The van der Waals surface area contributed by atoms with E-state index in [4.69, 9.17) is 11.6 Å². The van der Waals surface area contributed by atoms with Crippen molar-refractivity contribution in [2.24, 2.45) is 0 Å². The third-order valence-corrected chi connectivity index (χ3v) is 7.39. The van der Waals surface area contributed by atoms with Gasteiger partial charge in [-0.25, -0.2) is 12.8 Å². The summed E-state index contributed by atoms with van der Waals surface area (Å²) in [5, 5.41) is 3.19. The van der Waals surface area contributed by atoms with Crippen LogP contribution in [0, 0.1) is 5.82 Å². The summed E-state index contributed by atoms with van der Waals surface area (Å²) in [6, 6.07) is 17.3. The van der Waals surface area contributed by atoms with E-state index in [0.717, 1.165) is 6.07 Å². The average Bonchev–Trinajstić information content (AvgIpc) is 3.16. The van der Waals surface area contributed by atoms with Gasteiger partial charge in [-0.05, 0) is 49.4 Å². The van der Waals surface area contributed by atoms with Crippen LogP contribution < -0.4 is 5.32 Å². The number of ketones is 1. The highest BCUT2D eigenvalue weighted by atomic mass is 35.5. The van der Waals surface area contributed by atoms with E-state index >= 15 is 0 Å². The monoisotopic (exact) mass is 498 g/mol. The smallest absolute Gasteiger partial charge is 0.244 e. The van der Waals surface area contributed by atoms with E-state index in [9.17, 15) is 22.4 Å². The van der Waals surface area contributed by atoms with Crippen LogP contribution in [0.3, 0.4) is 0 Å². The maximum Gasteiger partial charge on any atom is 0.244 e. The summed E-state index contributed by atoms with van der Waals surface area (Å²) in [6.07, 6.45) is 1.38. The fourth-order valence-corrected chi connectivity index (χ4v) is 5.61. The van der Waals surface area contributed by atoms with Crippen LogP contribution in [0.1, 0.15) is 22.8 Å². The number of rotatable bonds is 7. The Morgan fingerprint density at radius 2 is 1.71 bits per heavy atom. The van der Waals surface area contributed by atoms with Crippen molar-refractivity contribution >= 4 is 49.7 Å². The lowest BCUT2D eigenvalue weighted by molar-refractivity contribution is -0.116. The summed E-state index contributed by atoms with van der Waals surface area (Å²) in [6.45, 7) is 1.31. The second kappa shape index (κ2) is 9.40. The van der Waals surface area contributed by atoms with Crippen LogP contribution in [0.15, 0.2) is 77.8 Å². The van der Waals surface area contributed by atoms with Gasteiger partial charge in [0, 0.05) is 38.9 Å². The van der Waals surface area contributed by atoms with Gasteiger partial charge >= 0.3 is 0 Å². The van der Waals surface area contributed by atoms with E-state index in [2.05, 4.69) is 5.32 Å². The number of anilines is 1. The Morgan fingerprint density at radius 3 is 2.38 bits per heavy atom. The van der Waals surface area contributed by atoms with Gasteiger partial charge in [-0.1, -0.05) is 35.9 Å². The van der Waals surface area contributed by atoms with Gasteiger partial charge in [0.15, 0.2) is 15.6 Å². The molecule has 0 fully saturated rings. The van der Waals surface area contributed by atoms with Gasteiger partial charge in [-0.2, -0.15) is 0 Å². The highest BCUT2D eigenvalue weighted by Crippen LogP contribution is 2.30. The molecule has 0 saturated carbocycles. The van der Waals surface area contributed by atoms with Crippen molar-refractivity contribution < 1.29 is 22.4 Å². The zero-order valence-corrected chi connectivity index (χ0v) is 19.7. The lowest BCUT2D eigenvalue weighted by Crippen LogP contribution is -2.18. The fraction of sp³-hybridized carbons (Fsp3) is 0.120. The molecule has 1 amide bonds. The Bertz CT molecular complexity index is 1490. The third kappa shape index (κ3) is 4.88. The Hall–Kier alpha value is -3.49. The number of halogens is 2. The molecule has 6 nitrogen and oxygen atoms in total. The minimum absolute atomic E-state index is 0.0129. The number of fused-ring (bicyclic) bond motifs is 1. The lowest BCUT2D eigenvalue weighted by Gasteiger charge is -2.08. The van der Waals surface area contributed by atoms with Gasteiger partial charge in [0.25, 0.3) is 0 Å². The Kier molecular flexibility index (Phi) is 6.54. The highest BCUT2D eigenvalue weighted by molar-refractivity contribution is 7.90. The number of carbonyl (C=O) groups is 2. The number of sulfone groups is 1. The number of aromatic nitrogens is 1. The Balaban J connectivity index is 1.63. The summed E-state index contributed by atoms with van der Waals surface area (Å²) in [7, 11) is -3.98. The number of amides is 1. The van der Waals surface area contributed by atoms with Gasteiger partial charge < -0.3 is 9.88 Å². The van der Waals surface area contributed by atoms with Crippen molar-refractivity contribution in [3.63, 3.8) is 0 Å². The number of carbonyl (C=O) groups excluding carboxylic acids is 2. The van der Waals surface area contributed by atoms with E-state index in [1.807, 2.05) is 0 Å². The van der Waals surface area contributed by atoms with Crippen molar-refractivity contribution in [1.29, 1.82) is 0 Å². The third-order valence-electron chi connectivity index (χ3n) is 5.37. The van der Waals surface area contributed by atoms with Crippen LogP contribution >= 0.6 is 11.6 Å². The SMILES string of the molecule is CC(=O)c1ccc(NC(=O)Cn2cc(S(=O)(=O)Cc3c(F)cccc3Cl)c3ccccc32)cc1. The summed E-state index contributed by atoms with van der Waals surface area (Å²) < 4.78 is 42.2. The van der Waals surface area contributed by atoms with Gasteiger partial charge in [0.2, 0.25) is 5.91 Å². The summed E-state index contributed by atoms with van der Waals surface area (Å²) >= 11 is 6.04. The molecule has 0 aliphatic rings. The number of benzene rings is 3. The normalized spacial score (nSPS) is 11.5. The molecule has 0 aliphatic carbocycles. The van der Waals surface area contributed by atoms with E-state index < -0.39 is 21.4 Å². The van der Waals surface area contributed by atoms with E-state index in [-0.39, 0.29) is 33.7 Å². The molecule has 0 radical (unpaired) electrons. The van der Waals surface area contributed by atoms with E-state index in [1.54, 1.807) is 48.5 Å². The first kappa shape index (κ1) is 23.7. The number of Topliss-reactive ketones (excluding diaryl/α,β-unsaturated/α-hetero) is 1. The maximum atomic E-state index is 14.2. The van der Waals surface area contributed by atoms with E-state index in [1.165, 1.54) is 29.8 Å². The second-order valence-corrected chi connectivity index (χ2v) is 10.1. The number of hydrogen-bond donors (Lipinski definition) is 1. The first-order valence-electron chi connectivity index (χ1n) is 10.3. The van der Waals surface area contributed by atoms with Crippen LogP contribution in [0.5, 0.6) is 0 Å². The largest absolute Gasteiger partial charge is 0.337 e. The molecule has 1 N–H and O–H groups in total. The van der Waals surface area contributed by atoms with Gasteiger partial charge in [0.1, 0.15) is 12.4 Å². The molecule has 0 bridgehead atoms. The Labute approximate surface area is 200 Å². The molecule has 4 aromatic rings. The molecule has 4 rings (SSSR count). The summed E-state index contributed by atoms with van der Waals surface area (Å²) in [4.78, 5) is 24.1. The van der Waals surface area contributed by atoms with Crippen molar-refractivity contribution in [1.82, 2.24) is 4.57 Å². The molecule has 0 unspecified atom stereocenters. The molecule has 9 heteroatoms. The number of para-hydroxylation sites is 1. The van der Waals surface area contributed by atoms with E-state index in [0.29, 0.717) is 22.2 Å².